The van der Waals surface area contributed by atoms with Crippen molar-refractivity contribution in [3.8, 4) is 0 Å². The lowest BCUT2D eigenvalue weighted by Crippen LogP contribution is -2.57. The lowest BCUT2D eigenvalue weighted by molar-refractivity contribution is -0.151. The van der Waals surface area contributed by atoms with Crippen LogP contribution in [0.1, 0.15) is 18.9 Å². The molecule has 30 heavy (non-hydrogen) atoms. The van der Waals surface area contributed by atoms with Gasteiger partial charge in [0.15, 0.2) is 0 Å². The first-order valence-electron chi connectivity index (χ1n) is 10.0. The molecule has 3 unspecified atom stereocenters. The molecule has 0 radical (unpaired) electrons. The Balaban J connectivity index is 2.03. The molecule has 1 fully saturated rings. The minimum atomic E-state index is -1.01. The highest BCUT2D eigenvalue weighted by molar-refractivity contribution is 7.99. The van der Waals surface area contributed by atoms with Crippen LogP contribution in [0.25, 0.3) is 0 Å². The normalized spacial score (nSPS) is 18.5. The maximum absolute atomic E-state index is 12.9. The molecule has 0 spiro atoms. The van der Waals surface area contributed by atoms with Crippen LogP contribution in [0, 0.1) is 0 Å². The molecule has 0 saturated carbocycles. The number of thioether (sulfide) groups is 1. The number of esters is 1. The molecular weight excluding hydrogens is 408 g/mol. The Labute approximate surface area is 181 Å². The van der Waals surface area contributed by atoms with E-state index in [9.17, 15) is 19.5 Å². The molecule has 3 atom stereocenters. The van der Waals surface area contributed by atoms with Crippen molar-refractivity contribution in [1.29, 1.82) is 0 Å². The van der Waals surface area contributed by atoms with E-state index in [1.54, 1.807) is 6.92 Å². The summed E-state index contributed by atoms with van der Waals surface area (Å²) in [5, 5.41) is 12.5. The quantitative estimate of drug-likeness (QED) is 0.392. The van der Waals surface area contributed by atoms with Crippen molar-refractivity contribution in [3.63, 3.8) is 0 Å². The number of carboxylic acids is 1. The number of rotatable bonds is 11. The van der Waals surface area contributed by atoms with E-state index in [-0.39, 0.29) is 19.1 Å². The summed E-state index contributed by atoms with van der Waals surface area (Å²) in [6.07, 6.45) is 1.09. The number of amides is 1. The average Bonchev–Trinajstić information content (AvgIpc) is 2.76. The van der Waals surface area contributed by atoms with Crippen LogP contribution < -0.4 is 5.32 Å². The van der Waals surface area contributed by atoms with E-state index in [2.05, 4.69) is 5.32 Å². The van der Waals surface area contributed by atoms with Crippen LogP contribution in [0.2, 0.25) is 0 Å². The summed E-state index contributed by atoms with van der Waals surface area (Å²) in [5.41, 5.74) is 1.08. The third-order valence-electron chi connectivity index (χ3n) is 4.90. The molecule has 1 saturated heterocycles. The average molecular weight is 439 g/mol. The second kappa shape index (κ2) is 12.6. The van der Waals surface area contributed by atoms with Gasteiger partial charge in [-0.05, 0) is 25.3 Å². The van der Waals surface area contributed by atoms with Crippen LogP contribution in [0.4, 0.5) is 0 Å². The number of carbonyl (C=O) groups is 3. The number of methoxy groups -OCH3 is 1. The summed E-state index contributed by atoms with van der Waals surface area (Å²) in [6, 6.07) is 7.48. The largest absolute Gasteiger partial charge is 0.480 e. The maximum atomic E-state index is 12.9. The van der Waals surface area contributed by atoms with Crippen LogP contribution in [-0.2, 0) is 30.3 Å². The number of carboxylic acid groups (broad SMARTS) is 1. The summed E-state index contributed by atoms with van der Waals surface area (Å²) in [7, 11) is 1.52. The Morgan fingerprint density at radius 1 is 1.27 bits per heavy atom. The minimum absolute atomic E-state index is 0.131. The zero-order valence-corrected chi connectivity index (χ0v) is 18.2. The van der Waals surface area contributed by atoms with Crippen molar-refractivity contribution in [3.05, 3.63) is 35.9 Å². The zero-order valence-electron chi connectivity index (χ0n) is 17.4. The molecule has 0 aliphatic carbocycles. The van der Waals surface area contributed by atoms with Gasteiger partial charge in [-0.25, -0.2) is 4.79 Å². The van der Waals surface area contributed by atoms with E-state index >= 15 is 0 Å². The molecular formula is C21H30N2O6S. The fourth-order valence-electron chi connectivity index (χ4n) is 3.24. The molecule has 166 valence electrons. The number of aryl methyl sites for hydroxylation is 1. The fraction of sp³-hybridized carbons (Fsp3) is 0.571. The first kappa shape index (κ1) is 24.2. The van der Waals surface area contributed by atoms with Gasteiger partial charge in [-0.15, -0.1) is 0 Å². The minimum Gasteiger partial charge on any atom is -0.480 e. The lowest BCUT2D eigenvalue weighted by Gasteiger charge is -2.35. The van der Waals surface area contributed by atoms with E-state index in [0.717, 1.165) is 5.56 Å². The highest BCUT2D eigenvalue weighted by atomic mass is 32.2. The number of ether oxygens (including phenoxy) is 2. The Kier molecular flexibility index (Phi) is 10.1. The van der Waals surface area contributed by atoms with Crippen LogP contribution >= 0.6 is 11.8 Å². The maximum Gasteiger partial charge on any atom is 0.327 e. The summed E-state index contributed by atoms with van der Waals surface area (Å²) >= 11 is 1.52. The Morgan fingerprint density at radius 3 is 2.67 bits per heavy atom. The van der Waals surface area contributed by atoms with Gasteiger partial charge >= 0.3 is 11.9 Å². The number of benzene rings is 1. The van der Waals surface area contributed by atoms with Crippen molar-refractivity contribution in [2.75, 3.05) is 38.4 Å². The van der Waals surface area contributed by atoms with Gasteiger partial charge in [0.05, 0.1) is 12.6 Å². The molecule has 1 amide bonds. The predicted octanol–water partition coefficient (Wildman–Crippen LogP) is 1.18. The van der Waals surface area contributed by atoms with Crippen molar-refractivity contribution >= 4 is 29.6 Å². The lowest BCUT2D eigenvalue weighted by atomic mass is 10.0. The number of carbonyl (C=O) groups excluding carboxylic acids is 2. The molecule has 0 aromatic heterocycles. The van der Waals surface area contributed by atoms with Gasteiger partial charge in [-0.1, -0.05) is 30.3 Å². The van der Waals surface area contributed by atoms with Crippen molar-refractivity contribution in [2.45, 2.75) is 37.9 Å². The van der Waals surface area contributed by atoms with Gasteiger partial charge < -0.3 is 19.5 Å². The number of nitrogens with zero attached hydrogens (tertiary/aromatic N) is 1. The molecule has 9 heteroatoms. The molecule has 2 rings (SSSR count). The Hall–Kier alpha value is -2.10. The highest BCUT2D eigenvalue weighted by Crippen LogP contribution is 2.18. The van der Waals surface area contributed by atoms with E-state index in [1.165, 1.54) is 23.8 Å². The van der Waals surface area contributed by atoms with Gasteiger partial charge in [0.2, 0.25) is 5.91 Å². The number of aliphatic carboxylic acids is 1. The van der Waals surface area contributed by atoms with Gasteiger partial charge in [-0.3, -0.25) is 14.9 Å². The monoisotopic (exact) mass is 438 g/mol. The molecule has 0 bridgehead atoms. The van der Waals surface area contributed by atoms with Crippen molar-refractivity contribution in [2.24, 2.45) is 0 Å². The SMILES string of the molecule is COCCOC(=O)C(CCc1ccccc1)NC(C)C(=O)N1CCSCC1C(=O)O. The molecule has 1 aromatic rings. The van der Waals surface area contributed by atoms with Crippen LogP contribution in [0.15, 0.2) is 30.3 Å². The fourth-order valence-corrected chi connectivity index (χ4v) is 4.28. The second-order valence-electron chi connectivity index (χ2n) is 7.09. The van der Waals surface area contributed by atoms with E-state index in [0.29, 0.717) is 30.9 Å². The van der Waals surface area contributed by atoms with E-state index in [1.807, 2.05) is 30.3 Å². The predicted molar refractivity (Wildman–Crippen MR) is 114 cm³/mol. The summed E-state index contributed by atoms with van der Waals surface area (Å²) in [5.74, 6) is -0.727. The molecule has 2 N–H and O–H groups in total. The molecule has 1 heterocycles. The van der Waals surface area contributed by atoms with Crippen molar-refractivity contribution < 1.29 is 29.0 Å². The third kappa shape index (κ3) is 7.30. The van der Waals surface area contributed by atoms with E-state index in [4.69, 9.17) is 9.47 Å². The van der Waals surface area contributed by atoms with E-state index < -0.39 is 30.1 Å². The highest BCUT2D eigenvalue weighted by Gasteiger charge is 2.35. The summed E-state index contributed by atoms with van der Waals surface area (Å²) < 4.78 is 10.2. The molecule has 8 nitrogen and oxygen atoms in total. The van der Waals surface area contributed by atoms with Crippen LogP contribution in [-0.4, -0.2) is 84.4 Å². The summed E-state index contributed by atoms with van der Waals surface area (Å²) in [6.45, 7) is 2.45. The van der Waals surface area contributed by atoms with Gasteiger partial charge in [0, 0.05) is 25.2 Å². The topological polar surface area (TPSA) is 105 Å². The zero-order chi connectivity index (χ0) is 21.9. The number of nitrogens with one attached hydrogen (secondary N) is 1. The summed E-state index contributed by atoms with van der Waals surface area (Å²) in [4.78, 5) is 38.4. The smallest absolute Gasteiger partial charge is 0.327 e. The molecule has 1 aliphatic rings. The molecule has 1 aromatic carbocycles. The van der Waals surface area contributed by atoms with Gasteiger partial charge in [-0.2, -0.15) is 11.8 Å². The van der Waals surface area contributed by atoms with Gasteiger partial charge in [0.25, 0.3) is 0 Å². The third-order valence-corrected chi connectivity index (χ3v) is 5.92. The van der Waals surface area contributed by atoms with Gasteiger partial charge in [0.1, 0.15) is 18.7 Å². The Morgan fingerprint density at radius 2 is 2.00 bits per heavy atom. The second-order valence-corrected chi connectivity index (χ2v) is 8.24. The standard InChI is InChI=1S/C21H30N2O6S/c1-15(19(24)23-10-13-30-14-18(23)20(25)26)22-17(21(27)29-12-11-28-2)9-8-16-6-4-3-5-7-16/h3-7,15,17-18,22H,8-14H2,1-2H3,(H,25,26). The first-order chi connectivity index (χ1) is 14.4. The van der Waals surface area contributed by atoms with Crippen LogP contribution in [0.3, 0.4) is 0 Å². The number of hydrogen-bond donors (Lipinski definition) is 2. The number of hydrogen-bond acceptors (Lipinski definition) is 7. The first-order valence-corrected chi connectivity index (χ1v) is 11.2. The Bertz CT molecular complexity index is 702. The molecule has 1 aliphatic heterocycles. The van der Waals surface area contributed by atoms with Crippen molar-refractivity contribution in [1.82, 2.24) is 10.2 Å². The van der Waals surface area contributed by atoms with Crippen LogP contribution in [0.5, 0.6) is 0 Å².